The van der Waals surface area contributed by atoms with Crippen LogP contribution in [0.2, 0.25) is 0 Å². The van der Waals surface area contributed by atoms with Gasteiger partial charge >= 0.3 is 0 Å². The third-order valence-corrected chi connectivity index (χ3v) is 8.67. The monoisotopic (exact) mass is 576 g/mol. The highest BCUT2D eigenvalue weighted by molar-refractivity contribution is 8.00. The molecule has 41 heavy (non-hydrogen) atoms. The molecule has 1 heterocycles. The molecule has 0 aromatic heterocycles. The quantitative estimate of drug-likeness (QED) is 0.289. The molecule has 1 aliphatic heterocycles. The molecule has 4 rings (SSSR count). The van der Waals surface area contributed by atoms with E-state index >= 15 is 0 Å². The Morgan fingerprint density at radius 3 is 2.32 bits per heavy atom. The number of phenolic OH excluding ortho intramolecular Hbond substituents is 1. The summed E-state index contributed by atoms with van der Waals surface area (Å²) in [6.45, 7) is 5.40. The first-order chi connectivity index (χ1) is 19.5. The topological polar surface area (TPSA) is 122 Å². The molecule has 4 N–H and O–H groups in total. The Balaban J connectivity index is 1.57. The number of phenols is 1. The van der Waals surface area contributed by atoms with Crippen molar-refractivity contribution >= 4 is 35.2 Å². The maximum Gasteiger partial charge on any atom is 0.262 e. The van der Waals surface area contributed by atoms with Crippen molar-refractivity contribution in [1.29, 1.82) is 0 Å². The van der Waals surface area contributed by atoms with Gasteiger partial charge in [0.15, 0.2) is 6.10 Å². The van der Waals surface area contributed by atoms with Crippen molar-refractivity contribution in [1.82, 2.24) is 15.6 Å². The van der Waals surface area contributed by atoms with E-state index in [4.69, 9.17) is 0 Å². The van der Waals surface area contributed by atoms with Gasteiger partial charge in [-0.25, -0.2) is 0 Å². The maximum atomic E-state index is 13.9. The van der Waals surface area contributed by atoms with E-state index in [-0.39, 0.29) is 29.5 Å². The highest BCUT2D eigenvalue weighted by Gasteiger charge is 2.50. The molecule has 3 amide bonds. The number of hydrogen-bond donors (Lipinski definition) is 4. The summed E-state index contributed by atoms with van der Waals surface area (Å²) in [5, 5.41) is 25.9. The molecule has 1 fully saturated rings. The average molecular weight is 577 g/mol. The molecule has 3 aromatic rings. The van der Waals surface area contributed by atoms with Crippen LogP contribution in [0.1, 0.15) is 35.3 Å². The molecule has 1 aliphatic rings. The molecule has 0 bridgehead atoms. The van der Waals surface area contributed by atoms with Crippen molar-refractivity contribution in [3.8, 4) is 5.75 Å². The number of benzene rings is 3. The SMILES string of the molecule is Cc1c(O)cccc1C(=O)N[C@@H](Cc1ccccc1)[C@H](O)C(=O)N1CSC(C)(C)[C@H]1C(=O)NN(C)c1ccccc1. The fourth-order valence-corrected chi connectivity index (χ4v) is 6.06. The minimum atomic E-state index is -1.63. The summed E-state index contributed by atoms with van der Waals surface area (Å²) >= 11 is 1.44. The third-order valence-electron chi connectivity index (χ3n) is 7.30. The van der Waals surface area contributed by atoms with Gasteiger partial charge in [-0.2, -0.15) is 0 Å². The maximum absolute atomic E-state index is 13.9. The van der Waals surface area contributed by atoms with Crippen LogP contribution in [-0.4, -0.2) is 68.7 Å². The Bertz CT molecular complexity index is 1390. The number of aliphatic hydroxyl groups is 1. The molecule has 0 radical (unpaired) electrons. The fourth-order valence-electron chi connectivity index (χ4n) is 4.92. The van der Waals surface area contributed by atoms with Crippen LogP contribution in [-0.2, 0) is 16.0 Å². The van der Waals surface area contributed by atoms with E-state index in [1.807, 2.05) is 74.5 Å². The van der Waals surface area contributed by atoms with E-state index in [1.165, 1.54) is 22.7 Å². The number of hydrazine groups is 1. The highest BCUT2D eigenvalue weighted by Crippen LogP contribution is 2.40. The van der Waals surface area contributed by atoms with Crippen molar-refractivity contribution in [2.45, 2.75) is 50.1 Å². The number of nitrogens with zero attached hydrogens (tertiary/aromatic N) is 2. The summed E-state index contributed by atoms with van der Waals surface area (Å²) in [7, 11) is 1.72. The van der Waals surface area contributed by atoms with Gasteiger partial charge in [0.2, 0.25) is 0 Å². The normalized spacial score (nSPS) is 17.4. The number of hydrogen-bond acceptors (Lipinski definition) is 7. The number of aromatic hydroxyl groups is 1. The van der Waals surface area contributed by atoms with E-state index in [1.54, 1.807) is 31.1 Å². The second-order valence-corrected chi connectivity index (χ2v) is 12.2. The average Bonchev–Trinajstić information content (AvgIpc) is 3.29. The second-order valence-electron chi connectivity index (χ2n) is 10.6. The zero-order chi connectivity index (χ0) is 29.7. The lowest BCUT2D eigenvalue weighted by Crippen LogP contribution is -2.60. The Kier molecular flexibility index (Phi) is 9.25. The minimum absolute atomic E-state index is 0.0282. The van der Waals surface area contributed by atoms with Gasteiger partial charge in [0.25, 0.3) is 17.7 Å². The first-order valence-electron chi connectivity index (χ1n) is 13.3. The van der Waals surface area contributed by atoms with E-state index < -0.39 is 34.7 Å². The summed E-state index contributed by atoms with van der Waals surface area (Å²) in [6.07, 6.45) is -1.46. The molecule has 216 valence electrons. The van der Waals surface area contributed by atoms with Gasteiger partial charge in [-0.15, -0.1) is 11.8 Å². The van der Waals surface area contributed by atoms with Crippen LogP contribution in [0.25, 0.3) is 0 Å². The van der Waals surface area contributed by atoms with Crippen LogP contribution >= 0.6 is 11.8 Å². The molecule has 0 saturated carbocycles. The molecule has 3 aromatic carbocycles. The van der Waals surface area contributed by atoms with Gasteiger partial charge < -0.3 is 20.4 Å². The number of amides is 3. The predicted octanol–water partition coefficient (Wildman–Crippen LogP) is 3.25. The number of nitrogens with one attached hydrogen (secondary N) is 2. The van der Waals surface area contributed by atoms with Crippen LogP contribution in [0, 0.1) is 6.92 Å². The standard InChI is InChI=1S/C31H36N4O5S/c1-20-23(16-11-17-25(20)36)28(38)32-24(18-21-12-7-5-8-13-21)26(37)30(40)35-19-41-31(2,3)27(35)29(39)33-34(4)22-14-9-6-10-15-22/h5-17,24,26-27,36-37H,18-19H2,1-4H3,(H,32,38)(H,33,39)/t24-,26-,27+/m0/s1. The number of rotatable bonds is 9. The number of carbonyl (C=O) groups excluding carboxylic acids is 3. The Labute approximate surface area is 244 Å². The van der Waals surface area contributed by atoms with Crippen LogP contribution < -0.4 is 15.8 Å². The fraction of sp³-hybridized carbons (Fsp3) is 0.323. The van der Waals surface area contributed by atoms with Crippen LogP contribution in [0.4, 0.5) is 5.69 Å². The highest BCUT2D eigenvalue weighted by atomic mass is 32.2. The van der Waals surface area contributed by atoms with Gasteiger partial charge in [-0.3, -0.25) is 24.8 Å². The number of thioether (sulfide) groups is 1. The van der Waals surface area contributed by atoms with Gasteiger partial charge in [-0.05, 0) is 57.0 Å². The van der Waals surface area contributed by atoms with E-state index in [2.05, 4.69) is 10.7 Å². The lowest BCUT2D eigenvalue weighted by Gasteiger charge is -2.34. The predicted molar refractivity (Wildman–Crippen MR) is 160 cm³/mol. The van der Waals surface area contributed by atoms with Crippen molar-refractivity contribution in [3.63, 3.8) is 0 Å². The van der Waals surface area contributed by atoms with E-state index in [0.717, 1.165) is 11.3 Å². The van der Waals surface area contributed by atoms with Crippen LogP contribution in [0.15, 0.2) is 78.9 Å². The molecule has 1 saturated heterocycles. The van der Waals surface area contributed by atoms with Crippen molar-refractivity contribution in [2.75, 3.05) is 17.9 Å². The zero-order valence-corrected chi connectivity index (χ0v) is 24.4. The molecular formula is C31H36N4O5S. The van der Waals surface area contributed by atoms with Crippen molar-refractivity contribution < 1.29 is 24.6 Å². The third kappa shape index (κ3) is 6.83. The van der Waals surface area contributed by atoms with Gasteiger partial charge in [-0.1, -0.05) is 54.6 Å². The van der Waals surface area contributed by atoms with Crippen molar-refractivity contribution in [3.05, 3.63) is 95.6 Å². The van der Waals surface area contributed by atoms with Crippen molar-refractivity contribution in [2.24, 2.45) is 0 Å². The van der Waals surface area contributed by atoms with Gasteiger partial charge in [0.1, 0.15) is 11.8 Å². The smallest absolute Gasteiger partial charge is 0.262 e. The molecule has 0 aliphatic carbocycles. The molecule has 0 unspecified atom stereocenters. The van der Waals surface area contributed by atoms with E-state index in [0.29, 0.717) is 5.56 Å². The Morgan fingerprint density at radius 1 is 1.02 bits per heavy atom. The summed E-state index contributed by atoms with van der Waals surface area (Å²) in [5.74, 6) is -1.39. The lowest BCUT2D eigenvalue weighted by molar-refractivity contribution is -0.147. The number of para-hydroxylation sites is 1. The van der Waals surface area contributed by atoms with Gasteiger partial charge in [0, 0.05) is 22.9 Å². The minimum Gasteiger partial charge on any atom is -0.508 e. The molecular weight excluding hydrogens is 540 g/mol. The second kappa shape index (κ2) is 12.7. The molecule has 9 nitrogen and oxygen atoms in total. The lowest BCUT2D eigenvalue weighted by atomic mass is 9.96. The largest absolute Gasteiger partial charge is 0.508 e. The summed E-state index contributed by atoms with van der Waals surface area (Å²) in [6, 6.07) is 21.3. The summed E-state index contributed by atoms with van der Waals surface area (Å²) in [5.41, 5.74) is 5.08. The molecule has 3 atom stereocenters. The number of anilines is 1. The molecule has 0 spiro atoms. The van der Waals surface area contributed by atoms with E-state index in [9.17, 15) is 24.6 Å². The van der Waals surface area contributed by atoms with Crippen LogP contribution in [0.5, 0.6) is 5.75 Å². The summed E-state index contributed by atoms with van der Waals surface area (Å²) < 4.78 is -0.631. The Hall–Kier alpha value is -4.02. The number of aliphatic hydroxyl groups excluding tert-OH is 1. The summed E-state index contributed by atoms with van der Waals surface area (Å²) in [4.78, 5) is 42.0. The Morgan fingerprint density at radius 2 is 1.66 bits per heavy atom. The zero-order valence-electron chi connectivity index (χ0n) is 23.6. The van der Waals surface area contributed by atoms with Crippen LogP contribution in [0.3, 0.4) is 0 Å². The number of carbonyl (C=O) groups is 3. The first-order valence-corrected chi connectivity index (χ1v) is 14.3. The first kappa shape index (κ1) is 30.0. The molecule has 10 heteroatoms. The van der Waals surface area contributed by atoms with Gasteiger partial charge in [0.05, 0.1) is 17.6 Å².